The van der Waals surface area contributed by atoms with Crippen molar-refractivity contribution in [3.63, 3.8) is 0 Å². The van der Waals surface area contributed by atoms with Gasteiger partial charge in [0.1, 0.15) is 5.75 Å². The average Bonchev–Trinajstić information content (AvgIpc) is 3.19. The van der Waals surface area contributed by atoms with Crippen molar-refractivity contribution in [2.75, 3.05) is 26.9 Å². The van der Waals surface area contributed by atoms with Crippen molar-refractivity contribution in [1.29, 1.82) is 0 Å². The van der Waals surface area contributed by atoms with Crippen molar-refractivity contribution < 1.29 is 23.7 Å². The Morgan fingerprint density at radius 1 is 1.08 bits per heavy atom. The molecule has 200 valence electrons. The Morgan fingerprint density at radius 2 is 1.79 bits per heavy atom. The standard InChI is InChI=1S/C28H29BrN2O6S/c1-6-35-20-12-10-9-11-17(20)13-23-26(32)31-25(18-14-21(34-5)22(36-7-2)15-19(18)29)24(27(33)37-8-3)16(4)30-28(31)38-23/h9-15,25H,6-8H2,1-5H3/b23-13+/t25-/m0/s1. The summed E-state index contributed by atoms with van der Waals surface area (Å²) >= 11 is 4.89. The van der Waals surface area contributed by atoms with E-state index in [1.165, 1.54) is 11.3 Å². The summed E-state index contributed by atoms with van der Waals surface area (Å²) in [4.78, 5) is 32.3. The molecule has 1 atom stereocenters. The fraction of sp³-hybridized carbons (Fsp3) is 0.321. The van der Waals surface area contributed by atoms with Crippen molar-refractivity contribution in [2.45, 2.75) is 33.7 Å². The van der Waals surface area contributed by atoms with Gasteiger partial charge >= 0.3 is 5.97 Å². The van der Waals surface area contributed by atoms with E-state index in [-0.39, 0.29) is 17.7 Å². The molecule has 0 radical (unpaired) electrons. The van der Waals surface area contributed by atoms with Gasteiger partial charge in [-0.25, -0.2) is 9.79 Å². The molecule has 8 nitrogen and oxygen atoms in total. The Morgan fingerprint density at radius 3 is 2.47 bits per heavy atom. The van der Waals surface area contributed by atoms with Crippen LogP contribution in [0, 0.1) is 0 Å². The zero-order valence-corrected chi connectivity index (χ0v) is 24.3. The number of hydrogen-bond donors (Lipinski definition) is 0. The van der Waals surface area contributed by atoms with E-state index in [1.54, 1.807) is 43.7 Å². The second-order valence-corrected chi connectivity index (χ2v) is 10.1. The summed E-state index contributed by atoms with van der Waals surface area (Å²) in [7, 11) is 1.55. The molecule has 10 heteroatoms. The summed E-state index contributed by atoms with van der Waals surface area (Å²) in [6.07, 6.45) is 1.79. The van der Waals surface area contributed by atoms with Gasteiger partial charge in [0.05, 0.1) is 48.8 Å². The number of methoxy groups -OCH3 is 1. The molecule has 0 fully saturated rings. The predicted octanol–water partition coefficient (Wildman–Crippen LogP) is 4.37. The minimum absolute atomic E-state index is 0.189. The van der Waals surface area contributed by atoms with Crippen LogP contribution in [0.25, 0.3) is 6.08 Å². The van der Waals surface area contributed by atoms with E-state index in [2.05, 4.69) is 20.9 Å². The number of nitrogens with zero attached hydrogens (tertiary/aromatic N) is 2. The average molecular weight is 602 g/mol. The van der Waals surface area contributed by atoms with Crippen LogP contribution in [-0.4, -0.2) is 37.5 Å². The van der Waals surface area contributed by atoms with Crippen LogP contribution in [0.15, 0.2) is 61.9 Å². The van der Waals surface area contributed by atoms with Crippen LogP contribution < -0.4 is 29.1 Å². The van der Waals surface area contributed by atoms with Crippen molar-refractivity contribution in [3.8, 4) is 17.2 Å². The molecule has 0 spiro atoms. The maximum atomic E-state index is 13.9. The third-order valence-corrected chi connectivity index (χ3v) is 7.57. The second kappa shape index (κ2) is 12.0. The van der Waals surface area contributed by atoms with Crippen molar-refractivity contribution in [1.82, 2.24) is 4.57 Å². The zero-order valence-electron chi connectivity index (χ0n) is 21.9. The molecular weight excluding hydrogens is 572 g/mol. The number of para-hydroxylation sites is 1. The maximum Gasteiger partial charge on any atom is 0.338 e. The Bertz CT molecular complexity index is 1570. The molecule has 1 aliphatic rings. The third-order valence-electron chi connectivity index (χ3n) is 5.90. The van der Waals surface area contributed by atoms with Crippen LogP contribution in [0.3, 0.4) is 0 Å². The first-order valence-electron chi connectivity index (χ1n) is 12.3. The summed E-state index contributed by atoms with van der Waals surface area (Å²) < 4.78 is 25.1. The van der Waals surface area contributed by atoms with E-state index in [9.17, 15) is 9.59 Å². The molecule has 1 aromatic heterocycles. The maximum absolute atomic E-state index is 13.9. The number of carbonyl (C=O) groups excluding carboxylic acids is 1. The van der Waals surface area contributed by atoms with Crippen LogP contribution in [0.1, 0.15) is 44.9 Å². The summed E-state index contributed by atoms with van der Waals surface area (Å²) in [5.41, 5.74) is 1.91. The van der Waals surface area contributed by atoms with Gasteiger partial charge in [-0.15, -0.1) is 0 Å². The Balaban J connectivity index is 2.00. The van der Waals surface area contributed by atoms with Gasteiger partial charge in [-0.2, -0.15) is 0 Å². The van der Waals surface area contributed by atoms with Crippen LogP contribution in [0.4, 0.5) is 0 Å². The lowest BCUT2D eigenvalue weighted by Gasteiger charge is -2.26. The van der Waals surface area contributed by atoms with Crippen molar-refractivity contribution >= 4 is 39.3 Å². The number of hydrogen-bond acceptors (Lipinski definition) is 8. The highest BCUT2D eigenvalue weighted by Gasteiger charge is 2.35. The van der Waals surface area contributed by atoms with Crippen molar-refractivity contribution in [3.05, 3.63) is 83.0 Å². The molecule has 2 heterocycles. The minimum atomic E-state index is -0.798. The van der Waals surface area contributed by atoms with Crippen molar-refractivity contribution in [2.24, 2.45) is 4.99 Å². The van der Waals surface area contributed by atoms with Crippen LogP contribution in [0.5, 0.6) is 17.2 Å². The number of aromatic nitrogens is 1. The third kappa shape index (κ3) is 5.28. The van der Waals surface area contributed by atoms with Gasteiger partial charge in [0, 0.05) is 10.0 Å². The lowest BCUT2D eigenvalue weighted by Crippen LogP contribution is -2.40. The Kier molecular flexibility index (Phi) is 8.73. The van der Waals surface area contributed by atoms with Gasteiger partial charge < -0.3 is 18.9 Å². The van der Waals surface area contributed by atoms with E-state index in [0.717, 1.165) is 5.56 Å². The smallest absolute Gasteiger partial charge is 0.338 e. The SMILES string of the molecule is CCOC(=O)C1=C(C)N=c2s/c(=C/c3ccccc3OCC)c(=O)n2[C@H]1c1cc(OC)c(OCC)cc1Br. The number of rotatable bonds is 9. The number of fused-ring (bicyclic) bond motifs is 1. The van der Waals surface area contributed by atoms with E-state index >= 15 is 0 Å². The summed E-state index contributed by atoms with van der Waals surface area (Å²) in [6.45, 7) is 8.43. The highest BCUT2D eigenvalue weighted by Crippen LogP contribution is 2.41. The number of thiazole rings is 1. The zero-order chi connectivity index (χ0) is 27.4. The molecule has 0 N–H and O–H groups in total. The molecule has 3 aromatic rings. The fourth-order valence-electron chi connectivity index (χ4n) is 4.30. The van der Waals surface area contributed by atoms with Gasteiger partial charge in [0.25, 0.3) is 5.56 Å². The number of carbonyl (C=O) groups is 1. The van der Waals surface area contributed by atoms with Crippen LogP contribution in [-0.2, 0) is 9.53 Å². The van der Waals surface area contributed by atoms with Gasteiger partial charge in [0.2, 0.25) is 0 Å². The normalized spacial score (nSPS) is 15.1. The summed E-state index contributed by atoms with van der Waals surface area (Å²) in [5.74, 6) is 1.17. The first kappa shape index (κ1) is 27.7. The molecule has 0 aliphatic carbocycles. The molecule has 0 amide bonds. The molecule has 0 unspecified atom stereocenters. The Labute approximate surface area is 233 Å². The van der Waals surface area contributed by atoms with E-state index < -0.39 is 12.0 Å². The molecule has 2 aromatic carbocycles. The number of benzene rings is 2. The first-order valence-corrected chi connectivity index (χ1v) is 13.9. The topological polar surface area (TPSA) is 88.4 Å². The highest BCUT2D eigenvalue weighted by molar-refractivity contribution is 9.10. The quantitative estimate of drug-likeness (QED) is 0.339. The molecule has 0 saturated carbocycles. The largest absolute Gasteiger partial charge is 0.493 e. The number of allylic oxidation sites excluding steroid dienone is 1. The van der Waals surface area contributed by atoms with E-state index in [0.29, 0.717) is 55.5 Å². The molecule has 0 saturated heterocycles. The lowest BCUT2D eigenvalue weighted by atomic mass is 9.95. The number of halogens is 1. The predicted molar refractivity (Wildman–Crippen MR) is 150 cm³/mol. The van der Waals surface area contributed by atoms with Crippen LogP contribution >= 0.6 is 27.3 Å². The van der Waals surface area contributed by atoms with Gasteiger partial charge in [-0.3, -0.25) is 9.36 Å². The number of esters is 1. The van der Waals surface area contributed by atoms with Gasteiger partial charge in [-0.05, 0) is 57.5 Å². The fourth-order valence-corrected chi connectivity index (χ4v) is 5.88. The summed E-state index contributed by atoms with van der Waals surface area (Å²) in [5, 5.41) is 0. The highest BCUT2D eigenvalue weighted by atomic mass is 79.9. The second-order valence-electron chi connectivity index (χ2n) is 8.23. The van der Waals surface area contributed by atoms with Gasteiger partial charge in [0.15, 0.2) is 16.3 Å². The van der Waals surface area contributed by atoms with E-state index in [1.807, 2.05) is 38.1 Å². The summed E-state index contributed by atoms with van der Waals surface area (Å²) in [6, 6.07) is 10.3. The number of ether oxygens (including phenoxy) is 4. The molecule has 38 heavy (non-hydrogen) atoms. The monoisotopic (exact) mass is 600 g/mol. The lowest BCUT2D eigenvalue weighted by molar-refractivity contribution is -0.139. The van der Waals surface area contributed by atoms with E-state index in [4.69, 9.17) is 18.9 Å². The Hall–Kier alpha value is -3.37. The molecule has 0 bridgehead atoms. The molecule has 1 aliphatic heterocycles. The molecule has 4 rings (SSSR count). The molecular formula is C28H29BrN2O6S. The minimum Gasteiger partial charge on any atom is -0.493 e. The first-order chi connectivity index (χ1) is 18.3. The van der Waals surface area contributed by atoms with Gasteiger partial charge in [-0.1, -0.05) is 45.5 Å². The van der Waals surface area contributed by atoms with Crippen LogP contribution in [0.2, 0.25) is 0 Å².